The van der Waals surface area contributed by atoms with E-state index in [0.29, 0.717) is 4.90 Å². The molecule has 0 spiro atoms. The van der Waals surface area contributed by atoms with Gasteiger partial charge in [-0.2, -0.15) is 5.10 Å². The predicted molar refractivity (Wildman–Crippen MR) is 112 cm³/mol. The van der Waals surface area contributed by atoms with Crippen LogP contribution in [0.3, 0.4) is 0 Å². The Hall–Kier alpha value is -3.03. The molecule has 138 valence electrons. The van der Waals surface area contributed by atoms with Crippen molar-refractivity contribution < 1.29 is 8.42 Å². The van der Waals surface area contributed by atoms with E-state index in [4.69, 9.17) is 0 Å². The minimum atomic E-state index is -3.24. The smallest absolute Gasteiger partial charge is 0.213 e. The lowest BCUT2D eigenvalue weighted by Crippen LogP contribution is -1.97. The van der Waals surface area contributed by atoms with Crippen LogP contribution in [0.1, 0.15) is 0 Å². The van der Waals surface area contributed by atoms with Gasteiger partial charge in [-0.3, -0.25) is 0 Å². The van der Waals surface area contributed by atoms with Crippen LogP contribution in [0.2, 0.25) is 0 Å². The lowest BCUT2D eigenvalue weighted by molar-refractivity contribution is 0.602. The number of aromatic nitrogens is 3. The second kappa shape index (κ2) is 6.25. The van der Waals surface area contributed by atoms with Crippen molar-refractivity contribution in [2.45, 2.75) is 4.90 Å². The highest BCUT2D eigenvalue weighted by atomic mass is 32.2. The molecule has 0 aliphatic rings. The Bertz CT molecular complexity index is 1430. The molecular formula is C21H15N3O2S2. The van der Waals surface area contributed by atoms with Gasteiger partial charge in [-0.05, 0) is 34.5 Å². The highest BCUT2D eigenvalue weighted by Gasteiger charge is 2.18. The van der Waals surface area contributed by atoms with Crippen LogP contribution in [0.4, 0.5) is 0 Å². The average Bonchev–Trinajstić information content (AvgIpc) is 3.28. The van der Waals surface area contributed by atoms with Gasteiger partial charge in [0, 0.05) is 11.8 Å². The first-order chi connectivity index (χ1) is 13.5. The summed E-state index contributed by atoms with van der Waals surface area (Å²) in [7, 11) is -3.24. The van der Waals surface area contributed by atoms with Crippen LogP contribution in [0.5, 0.6) is 0 Å². The van der Waals surface area contributed by atoms with Crippen molar-refractivity contribution >= 4 is 36.9 Å². The molecule has 0 N–H and O–H groups in total. The maximum Gasteiger partial charge on any atom is 0.213 e. The fourth-order valence-electron chi connectivity index (χ4n) is 3.33. The molecule has 0 radical (unpaired) electrons. The molecule has 0 fully saturated rings. The Morgan fingerprint density at radius 2 is 1.61 bits per heavy atom. The molecule has 0 unspecified atom stereocenters. The van der Waals surface area contributed by atoms with Crippen LogP contribution >= 0.6 is 11.3 Å². The standard InChI is InChI=1S/C21H15N3O2S2/c1-28(25,26)18-10-8-15(9-11-18)19-20(27-21-22-13-23-24(19)21)17-7-6-14-4-2-3-5-16(14)12-17/h2-13H,1H3. The zero-order chi connectivity index (χ0) is 19.3. The number of benzene rings is 3. The first-order valence-corrected chi connectivity index (χ1v) is 11.3. The summed E-state index contributed by atoms with van der Waals surface area (Å²) in [4.78, 5) is 6.49. The molecule has 2 aromatic heterocycles. The Balaban J connectivity index is 1.73. The minimum absolute atomic E-state index is 0.300. The third kappa shape index (κ3) is 2.80. The Morgan fingerprint density at radius 1 is 0.893 bits per heavy atom. The predicted octanol–water partition coefficient (Wildman–Crippen LogP) is 4.68. The van der Waals surface area contributed by atoms with E-state index in [9.17, 15) is 8.42 Å². The van der Waals surface area contributed by atoms with Crippen LogP contribution < -0.4 is 0 Å². The molecule has 5 rings (SSSR count). The van der Waals surface area contributed by atoms with Crippen molar-refractivity contribution in [2.75, 3.05) is 6.26 Å². The molecule has 5 aromatic rings. The van der Waals surface area contributed by atoms with E-state index < -0.39 is 9.84 Å². The topological polar surface area (TPSA) is 64.3 Å². The fraction of sp³-hybridized carbons (Fsp3) is 0.0476. The second-order valence-corrected chi connectivity index (χ2v) is 9.59. The van der Waals surface area contributed by atoms with Crippen molar-refractivity contribution in [3.05, 3.63) is 73.1 Å². The van der Waals surface area contributed by atoms with Gasteiger partial charge in [0.15, 0.2) is 9.84 Å². The molecule has 0 aliphatic carbocycles. The lowest BCUT2D eigenvalue weighted by Gasteiger charge is -2.07. The molecule has 0 aliphatic heterocycles. The monoisotopic (exact) mass is 405 g/mol. The maximum atomic E-state index is 11.8. The van der Waals surface area contributed by atoms with Gasteiger partial charge in [0.25, 0.3) is 0 Å². The normalized spacial score (nSPS) is 12.0. The lowest BCUT2D eigenvalue weighted by atomic mass is 10.0. The summed E-state index contributed by atoms with van der Waals surface area (Å²) in [5, 5.41) is 6.72. The number of hydrogen-bond acceptors (Lipinski definition) is 5. The van der Waals surface area contributed by atoms with Gasteiger partial charge in [0.05, 0.1) is 15.5 Å². The summed E-state index contributed by atoms with van der Waals surface area (Å²) in [6.45, 7) is 0. The van der Waals surface area contributed by atoms with Crippen LogP contribution in [0.15, 0.2) is 78.0 Å². The van der Waals surface area contributed by atoms with Crippen molar-refractivity contribution in [1.82, 2.24) is 14.6 Å². The molecular weight excluding hydrogens is 390 g/mol. The average molecular weight is 406 g/mol. The highest BCUT2D eigenvalue weighted by Crippen LogP contribution is 2.39. The Labute approximate surface area is 165 Å². The SMILES string of the molecule is CS(=O)(=O)c1ccc(-c2c(-c3ccc4ccccc4c3)sc3ncnn23)cc1. The second-order valence-electron chi connectivity index (χ2n) is 6.59. The molecule has 0 atom stereocenters. The molecule has 28 heavy (non-hydrogen) atoms. The number of sulfone groups is 1. The van der Waals surface area contributed by atoms with Crippen LogP contribution in [-0.4, -0.2) is 29.3 Å². The first-order valence-electron chi connectivity index (χ1n) is 8.63. The van der Waals surface area contributed by atoms with Gasteiger partial charge in [0.1, 0.15) is 6.33 Å². The number of nitrogens with zero attached hydrogens (tertiary/aromatic N) is 3. The third-order valence-corrected chi connectivity index (χ3v) is 6.93. The molecule has 2 heterocycles. The first kappa shape index (κ1) is 17.1. The number of rotatable bonds is 3. The minimum Gasteiger partial charge on any atom is -0.224 e. The molecule has 0 amide bonds. The zero-order valence-electron chi connectivity index (χ0n) is 14.9. The van der Waals surface area contributed by atoms with E-state index in [0.717, 1.165) is 32.0 Å². The van der Waals surface area contributed by atoms with Gasteiger partial charge in [-0.1, -0.05) is 59.9 Å². The van der Waals surface area contributed by atoms with E-state index in [1.54, 1.807) is 23.5 Å². The van der Waals surface area contributed by atoms with Crippen LogP contribution in [-0.2, 0) is 9.84 Å². The van der Waals surface area contributed by atoms with Crippen molar-refractivity contribution in [3.8, 4) is 21.7 Å². The van der Waals surface area contributed by atoms with E-state index in [-0.39, 0.29) is 0 Å². The van der Waals surface area contributed by atoms with Crippen LogP contribution in [0.25, 0.3) is 37.4 Å². The summed E-state index contributed by atoms with van der Waals surface area (Å²) in [5.74, 6) is 0. The van der Waals surface area contributed by atoms with E-state index in [1.807, 2.05) is 28.8 Å². The van der Waals surface area contributed by atoms with Gasteiger partial charge in [-0.25, -0.2) is 17.9 Å². The molecule has 3 aromatic carbocycles. The number of fused-ring (bicyclic) bond motifs is 2. The summed E-state index contributed by atoms with van der Waals surface area (Å²) in [6.07, 6.45) is 2.74. The van der Waals surface area contributed by atoms with Gasteiger partial charge >= 0.3 is 0 Å². The highest BCUT2D eigenvalue weighted by molar-refractivity contribution is 7.90. The summed E-state index contributed by atoms with van der Waals surface area (Å²) in [5.41, 5.74) is 2.89. The third-order valence-electron chi connectivity index (χ3n) is 4.70. The van der Waals surface area contributed by atoms with E-state index in [1.165, 1.54) is 18.0 Å². The van der Waals surface area contributed by atoms with Crippen LogP contribution in [0, 0.1) is 0 Å². The fourth-order valence-corrected chi connectivity index (χ4v) is 5.01. The maximum absolute atomic E-state index is 11.8. The van der Waals surface area contributed by atoms with Crippen molar-refractivity contribution in [2.24, 2.45) is 0 Å². The van der Waals surface area contributed by atoms with E-state index >= 15 is 0 Å². The summed E-state index contributed by atoms with van der Waals surface area (Å²) in [6, 6.07) is 21.5. The van der Waals surface area contributed by atoms with Crippen molar-refractivity contribution in [3.63, 3.8) is 0 Å². The Morgan fingerprint density at radius 3 is 2.36 bits per heavy atom. The van der Waals surface area contributed by atoms with Crippen molar-refractivity contribution in [1.29, 1.82) is 0 Å². The number of thiazole rings is 1. The van der Waals surface area contributed by atoms with Gasteiger partial charge in [-0.15, -0.1) is 0 Å². The quantitative estimate of drug-likeness (QED) is 0.437. The number of hydrogen-bond donors (Lipinski definition) is 0. The van der Waals surface area contributed by atoms with Gasteiger partial charge in [0.2, 0.25) is 4.96 Å². The summed E-state index contributed by atoms with van der Waals surface area (Å²) >= 11 is 1.57. The molecule has 0 saturated heterocycles. The molecule has 0 saturated carbocycles. The molecule has 0 bridgehead atoms. The summed E-state index contributed by atoms with van der Waals surface area (Å²) < 4.78 is 25.4. The zero-order valence-corrected chi connectivity index (χ0v) is 16.5. The van der Waals surface area contributed by atoms with Gasteiger partial charge < -0.3 is 0 Å². The largest absolute Gasteiger partial charge is 0.224 e. The Kier molecular flexibility index (Phi) is 3.82. The molecule has 5 nitrogen and oxygen atoms in total. The molecule has 7 heteroatoms. The van der Waals surface area contributed by atoms with E-state index in [2.05, 4.69) is 40.4 Å².